The first kappa shape index (κ1) is 26.2. The summed E-state index contributed by atoms with van der Waals surface area (Å²) in [6.45, 7) is 7.77. The van der Waals surface area contributed by atoms with Crippen LogP contribution in [0.3, 0.4) is 0 Å². The van der Waals surface area contributed by atoms with Crippen LogP contribution in [-0.4, -0.2) is 65.9 Å². The number of nitrogens with zero attached hydrogens (tertiary/aromatic N) is 2. The van der Waals surface area contributed by atoms with Gasteiger partial charge in [0.15, 0.2) is 0 Å². The summed E-state index contributed by atoms with van der Waals surface area (Å²) in [5.41, 5.74) is 0.737. The van der Waals surface area contributed by atoms with E-state index < -0.39 is 23.7 Å². The summed E-state index contributed by atoms with van der Waals surface area (Å²) < 4.78 is 10.5. The predicted octanol–water partition coefficient (Wildman–Crippen LogP) is 4.04. The number of hydrogen-bond acceptors (Lipinski definition) is 7. The number of likely N-dealkylation sites (N-methyl/N-ethyl adjacent to an activating group) is 1. The van der Waals surface area contributed by atoms with Crippen LogP contribution in [0.4, 0.5) is 0 Å². The lowest BCUT2D eigenvalue weighted by Gasteiger charge is -2.28. The van der Waals surface area contributed by atoms with Gasteiger partial charge in [-0.2, -0.15) is 0 Å². The van der Waals surface area contributed by atoms with E-state index in [-0.39, 0.29) is 23.4 Å². The van der Waals surface area contributed by atoms with Crippen LogP contribution in [0, 0.1) is 0 Å². The lowest BCUT2D eigenvalue weighted by atomic mass is 9.95. The highest BCUT2D eigenvalue weighted by Crippen LogP contribution is 2.41. The number of aliphatic hydroxyl groups is 1. The van der Waals surface area contributed by atoms with Crippen LogP contribution in [0.5, 0.6) is 11.5 Å². The highest BCUT2D eigenvalue weighted by atomic mass is 35.5. The summed E-state index contributed by atoms with van der Waals surface area (Å²) in [6, 6.07) is 10.3. The highest BCUT2D eigenvalue weighted by Gasteiger charge is 2.46. The second kappa shape index (κ2) is 11.4. The number of esters is 1. The Labute approximate surface area is 209 Å². The fourth-order valence-electron chi connectivity index (χ4n) is 4.14. The molecule has 186 valence electrons. The Kier molecular flexibility index (Phi) is 8.53. The molecule has 1 amide bonds. The number of carbonyl (C=O) groups is 3. The Hall–Kier alpha value is -3.36. The second-order valence-corrected chi connectivity index (χ2v) is 8.46. The Morgan fingerprint density at radius 1 is 1.11 bits per heavy atom. The quantitative estimate of drug-likeness (QED) is 0.182. The number of rotatable bonds is 9. The molecule has 8 nitrogen and oxygen atoms in total. The number of aliphatic hydroxyl groups excluding tert-OH is 1. The molecule has 1 aliphatic heterocycles. The fraction of sp³-hybridized carbons (Fsp3) is 0.346. The Balaban J connectivity index is 2.14. The standard InChI is InChI=1S/C26H29ClN2O6/c1-5-28(6-2)13-14-29-23(17-7-10-19(11-8-17)35-16(3)30)22(25(32)26(29)33)24(31)20-15-18(27)9-12-21(20)34-4/h7-12,15,23,31H,5-6,13-14H2,1-4H3/b24-22+. The van der Waals surface area contributed by atoms with Crippen LogP contribution in [0.15, 0.2) is 48.0 Å². The first-order valence-electron chi connectivity index (χ1n) is 11.3. The van der Waals surface area contributed by atoms with Gasteiger partial charge in [0.05, 0.1) is 24.3 Å². The van der Waals surface area contributed by atoms with E-state index in [1.54, 1.807) is 36.4 Å². The molecule has 2 aromatic carbocycles. The van der Waals surface area contributed by atoms with Crippen molar-refractivity contribution >= 4 is 35.0 Å². The molecule has 0 radical (unpaired) electrons. The van der Waals surface area contributed by atoms with Crippen LogP contribution in [-0.2, 0) is 14.4 Å². The average Bonchev–Trinajstić information content (AvgIpc) is 3.09. The van der Waals surface area contributed by atoms with Crippen LogP contribution in [0.25, 0.3) is 5.76 Å². The zero-order valence-electron chi connectivity index (χ0n) is 20.2. The minimum Gasteiger partial charge on any atom is -0.507 e. The third-order valence-corrected chi connectivity index (χ3v) is 6.20. The number of carbonyl (C=O) groups excluding carboxylic acids is 3. The lowest BCUT2D eigenvalue weighted by Crippen LogP contribution is -2.38. The van der Waals surface area contributed by atoms with Gasteiger partial charge in [0, 0.05) is 25.0 Å². The van der Waals surface area contributed by atoms with Gasteiger partial charge in [-0.25, -0.2) is 0 Å². The highest BCUT2D eigenvalue weighted by molar-refractivity contribution is 6.46. The lowest BCUT2D eigenvalue weighted by molar-refractivity contribution is -0.140. The molecule has 1 aliphatic rings. The number of likely N-dealkylation sites (tertiary alicyclic amines) is 1. The Morgan fingerprint density at radius 3 is 2.34 bits per heavy atom. The number of ether oxygens (including phenoxy) is 2. The predicted molar refractivity (Wildman–Crippen MR) is 133 cm³/mol. The minimum atomic E-state index is -0.847. The van der Waals surface area contributed by atoms with Crippen molar-refractivity contribution in [2.45, 2.75) is 26.8 Å². The van der Waals surface area contributed by atoms with Crippen molar-refractivity contribution < 1.29 is 29.0 Å². The van der Waals surface area contributed by atoms with Crippen molar-refractivity contribution in [3.63, 3.8) is 0 Å². The molecule has 35 heavy (non-hydrogen) atoms. The first-order chi connectivity index (χ1) is 16.7. The van der Waals surface area contributed by atoms with Gasteiger partial charge < -0.3 is 24.4 Å². The molecule has 2 aromatic rings. The summed E-state index contributed by atoms with van der Waals surface area (Å²) in [5.74, 6) is -1.69. The number of amides is 1. The number of ketones is 1. The number of methoxy groups -OCH3 is 1. The summed E-state index contributed by atoms with van der Waals surface area (Å²) in [6.07, 6.45) is 0. The number of Topliss-reactive ketones (excluding diaryl/α,β-unsaturated/α-hetero) is 1. The van der Waals surface area contributed by atoms with E-state index in [1.165, 1.54) is 25.0 Å². The van der Waals surface area contributed by atoms with E-state index in [4.69, 9.17) is 21.1 Å². The van der Waals surface area contributed by atoms with E-state index in [1.807, 2.05) is 13.8 Å². The molecule has 1 atom stereocenters. The maximum atomic E-state index is 13.2. The number of hydrogen-bond donors (Lipinski definition) is 1. The van der Waals surface area contributed by atoms with E-state index in [0.717, 1.165) is 13.1 Å². The van der Waals surface area contributed by atoms with Gasteiger partial charge in [0.25, 0.3) is 11.7 Å². The number of benzene rings is 2. The topological polar surface area (TPSA) is 96.4 Å². The van der Waals surface area contributed by atoms with Gasteiger partial charge in [-0.3, -0.25) is 14.4 Å². The van der Waals surface area contributed by atoms with Crippen molar-refractivity contribution in [1.29, 1.82) is 0 Å². The van der Waals surface area contributed by atoms with Crippen LogP contribution < -0.4 is 9.47 Å². The molecule has 1 N–H and O–H groups in total. The van der Waals surface area contributed by atoms with Crippen LogP contribution in [0.2, 0.25) is 5.02 Å². The summed E-state index contributed by atoms with van der Waals surface area (Å²) in [7, 11) is 1.44. The zero-order chi connectivity index (χ0) is 25.7. The SMILES string of the molecule is CCN(CC)CCN1C(=O)C(=O)/C(=C(/O)c2cc(Cl)ccc2OC)C1c1ccc(OC(C)=O)cc1. The molecule has 0 aliphatic carbocycles. The van der Waals surface area contributed by atoms with Gasteiger partial charge in [-0.05, 0) is 49.0 Å². The number of halogens is 1. The summed E-state index contributed by atoms with van der Waals surface area (Å²) in [4.78, 5) is 41.3. The van der Waals surface area contributed by atoms with Gasteiger partial charge >= 0.3 is 5.97 Å². The minimum absolute atomic E-state index is 0.0599. The summed E-state index contributed by atoms with van der Waals surface area (Å²) >= 11 is 6.15. The second-order valence-electron chi connectivity index (χ2n) is 8.03. The smallest absolute Gasteiger partial charge is 0.308 e. The maximum absolute atomic E-state index is 13.2. The maximum Gasteiger partial charge on any atom is 0.308 e. The molecular formula is C26H29ClN2O6. The van der Waals surface area contributed by atoms with Crippen molar-refractivity contribution in [2.75, 3.05) is 33.3 Å². The molecule has 9 heteroatoms. The molecule has 1 heterocycles. The molecule has 0 saturated carbocycles. The molecular weight excluding hydrogens is 472 g/mol. The van der Waals surface area contributed by atoms with Gasteiger partial charge in [-0.1, -0.05) is 37.6 Å². The first-order valence-corrected chi connectivity index (χ1v) is 11.7. The molecule has 1 saturated heterocycles. The fourth-order valence-corrected chi connectivity index (χ4v) is 4.31. The normalized spacial score (nSPS) is 17.2. The van der Waals surface area contributed by atoms with E-state index in [0.29, 0.717) is 28.6 Å². The van der Waals surface area contributed by atoms with Crippen LogP contribution >= 0.6 is 11.6 Å². The molecule has 3 rings (SSSR count). The molecule has 0 spiro atoms. The zero-order valence-corrected chi connectivity index (χ0v) is 21.0. The van der Waals surface area contributed by atoms with Crippen molar-refractivity contribution in [3.8, 4) is 11.5 Å². The monoisotopic (exact) mass is 500 g/mol. The molecule has 1 unspecified atom stereocenters. The van der Waals surface area contributed by atoms with Crippen molar-refractivity contribution in [1.82, 2.24) is 9.80 Å². The Morgan fingerprint density at radius 2 is 1.77 bits per heavy atom. The van der Waals surface area contributed by atoms with Gasteiger partial charge in [0.2, 0.25) is 0 Å². The van der Waals surface area contributed by atoms with E-state index in [9.17, 15) is 19.5 Å². The Bertz CT molecular complexity index is 1140. The van der Waals surface area contributed by atoms with E-state index in [2.05, 4.69) is 4.90 Å². The average molecular weight is 501 g/mol. The largest absolute Gasteiger partial charge is 0.507 e. The van der Waals surface area contributed by atoms with E-state index >= 15 is 0 Å². The molecule has 1 fully saturated rings. The third-order valence-electron chi connectivity index (χ3n) is 5.97. The van der Waals surface area contributed by atoms with Crippen LogP contribution in [0.1, 0.15) is 37.9 Å². The molecule has 0 aromatic heterocycles. The molecule has 0 bridgehead atoms. The van der Waals surface area contributed by atoms with Gasteiger partial charge in [0.1, 0.15) is 17.3 Å². The third kappa shape index (κ3) is 5.66. The van der Waals surface area contributed by atoms with Crippen molar-refractivity contribution in [3.05, 3.63) is 64.2 Å². The summed E-state index contributed by atoms with van der Waals surface area (Å²) in [5, 5.41) is 11.6. The van der Waals surface area contributed by atoms with Crippen molar-refractivity contribution in [2.24, 2.45) is 0 Å². The van der Waals surface area contributed by atoms with Gasteiger partial charge in [-0.15, -0.1) is 0 Å².